The third-order valence-corrected chi connectivity index (χ3v) is 8.52. The number of aryl methyl sites for hydroxylation is 1. The van der Waals surface area contributed by atoms with Gasteiger partial charge in [-0.1, -0.05) is 84.8 Å². The number of hydrogen-bond acceptors (Lipinski definition) is 1. The lowest BCUT2D eigenvalue weighted by molar-refractivity contribution is 0.482. The molecule has 0 N–H and O–H groups in total. The fraction of sp³-hybridized carbons (Fsp3) is 0.217. The Balaban J connectivity index is 1.58. The molecule has 3 aromatic carbocycles. The van der Waals surface area contributed by atoms with Crippen molar-refractivity contribution < 1.29 is 4.74 Å². The first kappa shape index (κ1) is 18.7. The molecule has 0 atom stereocenters. The van der Waals surface area contributed by atoms with E-state index >= 15 is 0 Å². The van der Waals surface area contributed by atoms with Crippen LogP contribution in [0.2, 0.25) is 24.2 Å². The number of benzene rings is 3. The first-order valence-corrected chi connectivity index (χ1v) is 12.7. The first-order valence-electron chi connectivity index (χ1n) is 9.11. The highest BCUT2D eigenvalue weighted by molar-refractivity contribution is 6.89. The topological polar surface area (TPSA) is 9.23 Å². The van der Waals surface area contributed by atoms with Gasteiger partial charge in [-0.25, -0.2) is 0 Å². The van der Waals surface area contributed by atoms with Gasteiger partial charge in [-0.3, -0.25) is 0 Å². The van der Waals surface area contributed by atoms with E-state index in [9.17, 15) is 0 Å². The first-order chi connectivity index (χ1) is 12.5. The van der Waals surface area contributed by atoms with Crippen molar-refractivity contribution in [2.45, 2.75) is 32.0 Å². The van der Waals surface area contributed by atoms with Gasteiger partial charge in [0.15, 0.2) is 0 Å². The van der Waals surface area contributed by atoms with E-state index in [1.165, 1.54) is 23.2 Å². The molecule has 1 nitrogen and oxygen atoms in total. The van der Waals surface area contributed by atoms with E-state index in [1.54, 1.807) is 0 Å². The predicted octanol–water partition coefficient (Wildman–Crippen LogP) is 6.68. The average Bonchev–Trinajstić information content (AvgIpc) is 2.63. The maximum absolute atomic E-state index is 6.02. The van der Waals surface area contributed by atoms with E-state index < -0.39 is 8.07 Å². The van der Waals surface area contributed by atoms with Crippen LogP contribution in [0, 0.1) is 0 Å². The molecule has 3 rings (SSSR count). The zero-order valence-electron chi connectivity index (χ0n) is 15.4. The van der Waals surface area contributed by atoms with Crippen LogP contribution in [0.25, 0.3) is 0 Å². The normalized spacial score (nSPS) is 11.3. The molecule has 0 radical (unpaired) electrons. The molecule has 0 amide bonds. The predicted molar refractivity (Wildman–Crippen MR) is 115 cm³/mol. The highest BCUT2D eigenvalue weighted by Crippen LogP contribution is 2.23. The minimum absolute atomic E-state index is 0.814. The Bertz CT molecular complexity index is 828. The Labute approximate surface area is 162 Å². The fourth-order valence-corrected chi connectivity index (χ4v) is 5.71. The number of rotatable bonds is 7. The Morgan fingerprint density at radius 2 is 1.50 bits per heavy atom. The molecule has 0 fully saturated rings. The van der Waals surface area contributed by atoms with Crippen molar-refractivity contribution in [3.8, 4) is 11.5 Å². The molecule has 0 heterocycles. The Morgan fingerprint density at radius 1 is 0.808 bits per heavy atom. The summed E-state index contributed by atoms with van der Waals surface area (Å²) in [5, 5.41) is 2.29. The lowest BCUT2D eigenvalue weighted by Crippen LogP contribution is -2.40. The van der Waals surface area contributed by atoms with E-state index in [0.717, 1.165) is 22.9 Å². The average molecular weight is 381 g/mol. The van der Waals surface area contributed by atoms with Crippen molar-refractivity contribution in [3.63, 3.8) is 0 Å². The van der Waals surface area contributed by atoms with E-state index in [0.29, 0.717) is 0 Å². The van der Waals surface area contributed by atoms with Gasteiger partial charge in [-0.2, -0.15) is 0 Å². The summed E-state index contributed by atoms with van der Waals surface area (Å²) in [5.74, 6) is 1.78. The molecular formula is C23H25ClOSi. The number of hydrogen-bond donors (Lipinski definition) is 0. The van der Waals surface area contributed by atoms with E-state index in [-0.39, 0.29) is 0 Å². The summed E-state index contributed by atoms with van der Waals surface area (Å²) >= 11 is 6.02. The molecule has 0 saturated carbocycles. The molecule has 0 aliphatic rings. The molecule has 0 aliphatic carbocycles. The van der Waals surface area contributed by atoms with Crippen LogP contribution in [0.15, 0.2) is 78.9 Å². The summed E-state index contributed by atoms with van der Waals surface area (Å²) in [6.45, 7) is 4.87. The van der Waals surface area contributed by atoms with Crippen LogP contribution in [-0.2, 0) is 6.42 Å². The maximum Gasteiger partial charge on any atom is 0.127 e. The summed E-state index contributed by atoms with van der Waals surface area (Å²) < 4.78 is 5.94. The van der Waals surface area contributed by atoms with Crippen LogP contribution in [-0.4, -0.2) is 8.07 Å². The Morgan fingerprint density at radius 3 is 2.23 bits per heavy atom. The van der Waals surface area contributed by atoms with E-state index in [4.69, 9.17) is 16.3 Å². The maximum atomic E-state index is 6.02. The van der Waals surface area contributed by atoms with Crippen molar-refractivity contribution in [2.75, 3.05) is 0 Å². The molecule has 0 saturated heterocycles. The Kier molecular flexibility index (Phi) is 6.18. The summed E-state index contributed by atoms with van der Waals surface area (Å²) in [6, 6.07) is 28.0. The van der Waals surface area contributed by atoms with Crippen LogP contribution in [0.1, 0.15) is 12.0 Å². The third kappa shape index (κ3) is 5.23. The summed E-state index contributed by atoms with van der Waals surface area (Å²) in [5.41, 5.74) is 1.33. The number of ether oxygens (including phenoxy) is 1. The van der Waals surface area contributed by atoms with Crippen LogP contribution in [0.5, 0.6) is 11.5 Å². The summed E-state index contributed by atoms with van der Waals surface area (Å²) in [7, 11) is -1.42. The van der Waals surface area contributed by atoms with Crippen molar-refractivity contribution in [3.05, 3.63) is 89.4 Å². The quantitative estimate of drug-likeness (QED) is 0.415. The van der Waals surface area contributed by atoms with E-state index in [2.05, 4.69) is 43.4 Å². The second kappa shape index (κ2) is 8.57. The van der Waals surface area contributed by atoms with Crippen LogP contribution in [0.3, 0.4) is 0 Å². The molecule has 0 aromatic heterocycles. The molecule has 0 bridgehead atoms. The smallest absolute Gasteiger partial charge is 0.127 e. The summed E-state index contributed by atoms with van der Waals surface area (Å²) in [4.78, 5) is 0. The molecule has 0 unspecified atom stereocenters. The van der Waals surface area contributed by atoms with E-state index in [1.807, 2.05) is 48.5 Å². The second-order valence-corrected chi connectivity index (χ2v) is 12.6. The van der Waals surface area contributed by atoms with Gasteiger partial charge in [0.1, 0.15) is 11.5 Å². The highest BCUT2D eigenvalue weighted by atomic mass is 35.5. The zero-order chi connectivity index (χ0) is 18.4. The molecule has 3 heteroatoms. The molecular weight excluding hydrogens is 356 g/mol. The Hall–Kier alpha value is -2.03. The zero-order valence-corrected chi connectivity index (χ0v) is 17.2. The van der Waals surface area contributed by atoms with Gasteiger partial charge < -0.3 is 4.74 Å². The lowest BCUT2D eigenvalue weighted by atomic mass is 10.1. The van der Waals surface area contributed by atoms with Crippen LogP contribution in [0.4, 0.5) is 0 Å². The van der Waals surface area contributed by atoms with Crippen LogP contribution >= 0.6 is 11.6 Å². The van der Waals surface area contributed by atoms with Crippen molar-refractivity contribution in [1.29, 1.82) is 0 Å². The summed E-state index contributed by atoms with van der Waals surface area (Å²) in [6.07, 6.45) is 2.27. The molecule has 26 heavy (non-hydrogen) atoms. The molecule has 3 aromatic rings. The minimum atomic E-state index is -1.42. The molecule has 0 spiro atoms. The fourth-order valence-electron chi connectivity index (χ4n) is 3.17. The third-order valence-electron chi connectivity index (χ3n) is 4.77. The number of halogens is 1. The van der Waals surface area contributed by atoms with Crippen molar-refractivity contribution >= 4 is 24.9 Å². The van der Waals surface area contributed by atoms with Gasteiger partial charge in [-0.15, -0.1) is 0 Å². The van der Waals surface area contributed by atoms with Gasteiger partial charge in [-0.05, 0) is 48.4 Å². The van der Waals surface area contributed by atoms with Crippen molar-refractivity contribution in [2.24, 2.45) is 0 Å². The molecule has 134 valence electrons. The van der Waals surface area contributed by atoms with Gasteiger partial charge in [0.05, 0.1) is 8.07 Å². The minimum Gasteiger partial charge on any atom is -0.457 e. The van der Waals surface area contributed by atoms with Crippen LogP contribution < -0.4 is 9.92 Å². The monoisotopic (exact) mass is 380 g/mol. The van der Waals surface area contributed by atoms with Gasteiger partial charge in [0, 0.05) is 5.02 Å². The van der Waals surface area contributed by atoms with Crippen molar-refractivity contribution in [1.82, 2.24) is 0 Å². The highest BCUT2D eigenvalue weighted by Gasteiger charge is 2.22. The second-order valence-electron chi connectivity index (χ2n) is 7.31. The van der Waals surface area contributed by atoms with Gasteiger partial charge in [0.2, 0.25) is 0 Å². The molecule has 0 aliphatic heterocycles. The van der Waals surface area contributed by atoms with Gasteiger partial charge >= 0.3 is 0 Å². The lowest BCUT2D eigenvalue weighted by Gasteiger charge is -2.23. The van der Waals surface area contributed by atoms with Gasteiger partial charge in [0.25, 0.3) is 0 Å². The largest absolute Gasteiger partial charge is 0.457 e. The standard InChI is InChI=1S/C23H25ClOSi/c1-26(2,23-15-13-20(24)14-16-23)17-7-9-19-8-6-12-22(18-19)25-21-10-4-3-5-11-21/h3-6,8,10-16,18H,7,9,17H2,1-2H3. The number of para-hydroxylation sites is 1. The SMILES string of the molecule is C[Si](C)(CCCc1cccc(Oc2ccccc2)c1)c1ccc(Cl)cc1.